The number of β-amino-alcohol motifs (C(OH)–C–C–N with tert-alkyl or cyclic N) is 1. The monoisotopic (exact) mass is 495 g/mol. The predicted molar refractivity (Wildman–Crippen MR) is 129 cm³/mol. The van der Waals surface area contributed by atoms with E-state index in [1.54, 1.807) is 9.42 Å². The molecule has 5 heterocycles. The molecular weight excluding hydrogens is 465 g/mol. The summed E-state index contributed by atoms with van der Waals surface area (Å²) in [4.78, 5) is 22.5. The number of carbonyl (C=O) groups excluding carboxylic acids is 1. The number of aromatic nitrogens is 3. The first kappa shape index (κ1) is 23.2. The molecule has 0 radical (unpaired) electrons. The van der Waals surface area contributed by atoms with Crippen LogP contribution < -0.4 is 9.64 Å². The fourth-order valence-corrected chi connectivity index (χ4v) is 5.60. The summed E-state index contributed by atoms with van der Waals surface area (Å²) >= 11 is 0. The number of rotatable bonds is 3. The second-order valence-electron chi connectivity index (χ2n) is 10.1. The SMILES string of the molecule is Cc1cn2nc(C3CCCCN3C(=O)c3cc(F)cc4c3OCOC4)cc2nc1N1CC(C)C(O)C1. The van der Waals surface area contributed by atoms with E-state index in [1.807, 2.05) is 26.1 Å². The molecule has 1 amide bonds. The topological polar surface area (TPSA) is 92.4 Å². The van der Waals surface area contributed by atoms with Gasteiger partial charge in [0.25, 0.3) is 5.91 Å². The van der Waals surface area contributed by atoms with Gasteiger partial charge in [-0.05, 0) is 38.3 Å². The molecule has 10 heteroatoms. The maximum absolute atomic E-state index is 14.4. The molecule has 1 aromatic carbocycles. The number of ether oxygens (including phenoxy) is 2. The van der Waals surface area contributed by atoms with Crippen LogP contribution in [-0.4, -0.2) is 63.0 Å². The minimum absolute atomic E-state index is 0.0367. The average molecular weight is 496 g/mol. The molecule has 190 valence electrons. The number of aliphatic hydroxyl groups is 1. The summed E-state index contributed by atoms with van der Waals surface area (Å²) in [6.45, 7) is 6.15. The molecule has 3 aromatic rings. The average Bonchev–Trinajstić information content (AvgIpc) is 3.44. The Labute approximate surface area is 208 Å². The molecule has 9 nitrogen and oxygen atoms in total. The van der Waals surface area contributed by atoms with Crippen LogP contribution in [0.25, 0.3) is 5.65 Å². The van der Waals surface area contributed by atoms with Crippen LogP contribution in [-0.2, 0) is 11.3 Å². The molecule has 2 saturated heterocycles. The van der Waals surface area contributed by atoms with Gasteiger partial charge in [0.2, 0.25) is 0 Å². The Hall–Kier alpha value is -3.24. The molecule has 2 aromatic heterocycles. The summed E-state index contributed by atoms with van der Waals surface area (Å²) in [7, 11) is 0. The molecule has 3 aliphatic rings. The molecule has 3 atom stereocenters. The smallest absolute Gasteiger partial charge is 0.258 e. The van der Waals surface area contributed by atoms with E-state index in [-0.39, 0.29) is 42.9 Å². The zero-order valence-electron chi connectivity index (χ0n) is 20.5. The number of carbonyl (C=O) groups is 1. The first-order valence-electron chi connectivity index (χ1n) is 12.5. The summed E-state index contributed by atoms with van der Waals surface area (Å²) in [5, 5.41) is 15.0. The van der Waals surface area contributed by atoms with Crippen LogP contribution in [0.4, 0.5) is 10.2 Å². The van der Waals surface area contributed by atoms with Gasteiger partial charge in [0, 0.05) is 48.9 Å². The minimum Gasteiger partial charge on any atom is -0.466 e. The maximum Gasteiger partial charge on any atom is 0.258 e. The molecule has 0 spiro atoms. The standard InChI is InChI=1S/C26H30FN5O4/c1-15-10-30(12-22(15)33)25-16(2)11-32-23(28-25)9-20(29-32)21-5-3-4-6-31(21)26(34)19-8-18(27)7-17-13-35-14-36-24(17)19/h7-9,11,15,21-22,33H,3-6,10,12-14H2,1-2H3. The number of nitrogens with zero attached hydrogens (tertiary/aromatic N) is 5. The third-order valence-electron chi connectivity index (χ3n) is 7.51. The molecule has 0 saturated carbocycles. The zero-order valence-corrected chi connectivity index (χ0v) is 20.5. The van der Waals surface area contributed by atoms with Crippen LogP contribution in [0.2, 0.25) is 0 Å². The number of benzene rings is 1. The Bertz CT molecular complexity index is 1320. The van der Waals surface area contributed by atoms with Gasteiger partial charge in [0.1, 0.15) is 17.4 Å². The first-order chi connectivity index (χ1) is 17.4. The number of halogens is 1. The third kappa shape index (κ3) is 3.98. The number of aryl methyl sites for hydroxylation is 1. The Morgan fingerprint density at radius 2 is 2.08 bits per heavy atom. The molecule has 3 unspecified atom stereocenters. The number of fused-ring (bicyclic) bond motifs is 2. The van der Waals surface area contributed by atoms with Crippen LogP contribution in [0, 0.1) is 18.7 Å². The predicted octanol–water partition coefficient (Wildman–Crippen LogP) is 3.23. The Balaban J connectivity index is 1.34. The summed E-state index contributed by atoms with van der Waals surface area (Å²) in [6.07, 6.45) is 4.18. The van der Waals surface area contributed by atoms with Crippen molar-refractivity contribution in [1.82, 2.24) is 19.5 Å². The van der Waals surface area contributed by atoms with Crippen LogP contribution in [0.3, 0.4) is 0 Å². The highest BCUT2D eigenvalue weighted by Gasteiger charge is 2.34. The van der Waals surface area contributed by atoms with Gasteiger partial charge in [-0.1, -0.05) is 6.92 Å². The van der Waals surface area contributed by atoms with Gasteiger partial charge < -0.3 is 24.4 Å². The lowest BCUT2D eigenvalue weighted by Gasteiger charge is -2.35. The molecule has 1 N–H and O–H groups in total. The number of anilines is 1. The number of amides is 1. The summed E-state index contributed by atoms with van der Waals surface area (Å²) in [5.74, 6) is 0.685. The Kier molecular flexibility index (Phi) is 5.80. The van der Waals surface area contributed by atoms with Gasteiger partial charge in [0.15, 0.2) is 12.4 Å². The van der Waals surface area contributed by atoms with Crippen LogP contribution in [0.5, 0.6) is 5.75 Å². The molecule has 3 aliphatic heterocycles. The van der Waals surface area contributed by atoms with Crippen molar-refractivity contribution in [2.45, 2.75) is 51.9 Å². The Morgan fingerprint density at radius 3 is 2.89 bits per heavy atom. The van der Waals surface area contributed by atoms with Crippen molar-refractivity contribution < 1.29 is 23.8 Å². The second-order valence-corrected chi connectivity index (χ2v) is 10.1. The van der Waals surface area contributed by atoms with Gasteiger partial charge >= 0.3 is 0 Å². The molecule has 0 bridgehead atoms. The highest BCUT2D eigenvalue weighted by atomic mass is 19.1. The van der Waals surface area contributed by atoms with Gasteiger partial charge in [0.05, 0.1) is 30.0 Å². The molecular formula is C26H30FN5O4. The summed E-state index contributed by atoms with van der Waals surface area (Å²) in [6, 6.07) is 4.29. The lowest BCUT2D eigenvalue weighted by Crippen LogP contribution is -2.39. The van der Waals surface area contributed by atoms with Crippen molar-refractivity contribution in [3.63, 3.8) is 0 Å². The highest BCUT2D eigenvalue weighted by Crippen LogP contribution is 2.36. The minimum atomic E-state index is -0.485. The lowest BCUT2D eigenvalue weighted by molar-refractivity contribution is -0.0174. The fraction of sp³-hybridized carbons (Fsp3) is 0.500. The van der Waals surface area contributed by atoms with E-state index in [1.165, 1.54) is 12.1 Å². The number of piperidine rings is 1. The van der Waals surface area contributed by atoms with Gasteiger partial charge in [-0.2, -0.15) is 5.10 Å². The lowest BCUT2D eigenvalue weighted by atomic mass is 9.97. The van der Waals surface area contributed by atoms with Crippen LogP contribution in [0.15, 0.2) is 24.4 Å². The number of aliphatic hydroxyl groups excluding tert-OH is 1. The van der Waals surface area contributed by atoms with Gasteiger partial charge in [-0.3, -0.25) is 4.79 Å². The Morgan fingerprint density at radius 1 is 1.22 bits per heavy atom. The highest BCUT2D eigenvalue weighted by molar-refractivity contribution is 5.97. The van der Waals surface area contributed by atoms with Gasteiger partial charge in [-0.25, -0.2) is 13.9 Å². The zero-order chi connectivity index (χ0) is 25.0. The van der Waals surface area contributed by atoms with E-state index in [0.717, 1.165) is 42.9 Å². The van der Waals surface area contributed by atoms with E-state index in [2.05, 4.69) is 4.90 Å². The number of hydrogen-bond acceptors (Lipinski definition) is 7. The largest absolute Gasteiger partial charge is 0.466 e. The molecule has 36 heavy (non-hydrogen) atoms. The van der Waals surface area contributed by atoms with Crippen LogP contribution in [0.1, 0.15) is 59.4 Å². The molecule has 0 aliphatic carbocycles. The second kappa shape index (κ2) is 9.01. The molecule has 2 fully saturated rings. The fourth-order valence-electron chi connectivity index (χ4n) is 5.60. The molecule has 6 rings (SSSR count). The van der Waals surface area contributed by atoms with Crippen LogP contribution >= 0.6 is 0 Å². The summed E-state index contributed by atoms with van der Waals surface area (Å²) < 4.78 is 27.0. The van der Waals surface area contributed by atoms with Crippen molar-refractivity contribution in [1.29, 1.82) is 0 Å². The van der Waals surface area contributed by atoms with Crippen molar-refractivity contribution >= 4 is 17.4 Å². The van der Waals surface area contributed by atoms with E-state index in [9.17, 15) is 14.3 Å². The third-order valence-corrected chi connectivity index (χ3v) is 7.51. The number of likely N-dealkylation sites (tertiary alicyclic amines) is 1. The van der Waals surface area contributed by atoms with E-state index in [4.69, 9.17) is 19.6 Å². The van der Waals surface area contributed by atoms with Gasteiger partial charge in [-0.15, -0.1) is 0 Å². The normalized spacial score (nSPS) is 24.2. The van der Waals surface area contributed by atoms with E-state index >= 15 is 0 Å². The van der Waals surface area contributed by atoms with E-state index in [0.29, 0.717) is 30.0 Å². The number of hydrogen-bond donors (Lipinski definition) is 1. The van der Waals surface area contributed by atoms with Crippen molar-refractivity contribution in [2.24, 2.45) is 5.92 Å². The van der Waals surface area contributed by atoms with Crippen molar-refractivity contribution in [2.75, 3.05) is 31.3 Å². The first-order valence-corrected chi connectivity index (χ1v) is 12.5. The summed E-state index contributed by atoms with van der Waals surface area (Å²) in [5.41, 5.74) is 3.19. The van der Waals surface area contributed by atoms with Crippen molar-refractivity contribution in [3.8, 4) is 5.75 Å². The maximum atomic E-state index is 14.4. The van der Waals surface area contributed by atoms with Crippen molar-refractivity contribution in [3.05, 3.63) is 52.6 Å². The quantitative estimate of drug-likeness (QED) is 0.597. The van der Waals surface area contributed by atoms with E-state index < -0.39 is 5.82 Å².